The predicted molar refractivity (Wildman–Crippen MR) is 58.6 cm³/mol. The maximum atomic E-state index is 11.0. The fraction of sp³-hybridized carbons (Fsp3) is 0.300. The van der Waals surface area contributed by atoms with Crippen LogP contribution in [-0.4, -0.2) is 34.4 Å². The minimum atomic E-state index is -1.08. The molecule has 1 heterocycles. The molecule has 5 nitrogen and oxygen atoms in total. The molecule has 0 saturated carbocycles. The van der Waals surface area contributed by atoms with Gasteiger partial charge >= 0.3 is 11.9 Å². The summed E-state index contributed by atoms with van der Waals surface area (Å²) in [7, 11) is 0. The van der Waals surface area contributed by atoms with Crippen molar-refractivity contribution in [2.45, 2.75) is 11.9 Å². The Morgan fingerprint density at radius 3 is 2.88 bits per heavy atom. The molecule has 0 aromatic carbocycles. The molecule has 1 aromatic rings. The van der Waals surface area contributed by atoms with Gasteiger partial charge in [-0.2, -0.15) is 0 Å². The summed E-state index contributed by atoms with van der Waals surface area (Å²) in [6, 6.07) is 4.64. The largest absolute Gasteiger partial charge is 0.477 e. The molecule has 6 heteroatoms. The molecule has 0 unspecified atom stereocenters. The summed E-state index contributed by atoms with van der Waals surface area (Å²) in [6.07, 6.45) is 0. The smallest absolute Gasteiger partial charge is 0.354 e. The molecule has 0 radical (unpaired) electrons. The molecule has 0 amide bonds. The van der Waals surface area contributed by atoms with Crippen LogP contribution in [-0.2, 0) is 9.53 Å². The maximum Gasteiger partial charge on any atom is 0.354 e. The lowest BCUT2D eigenvalue weighted by Crippen LogP contribution is -2.07. The van der Waals surface area contributed by atoms with Gasteiger partial charge in [0.25, 0.3) is 0 Å². The second-order valence-corrected chi connectivity index (χ2v) is 3.76. The Bertz CT molecular complexity index is 394. The predicted octanol–water partition coefficient (Wildman–Crippen LogP) is 1.44. The lowest BCUT2D eigenvalue weighted by molar-refractivity contribution is -0.139. The Kier molecular flexibility index (Phi) is 4.78. The van der Waals surface area contributed by atoms with E-state index in [0.29, 0.717) is 11.6 Å². The monoisotopic (exact) mass is 241 g/mol. The van der Waals surface area contributed by atoms with E-state index in [2.05, 4.69) is 4.98 Å². The van der Waals surface area contributed by atoms with Crippen LogP contribution in [0.3, 0.4) is 0 Å². The van der Waals surface area contributed by atoms with E-state index in [0.717, 1.165) is 11.8 Å². The van der Waals surface area contributed by atoms with Crippen molar-refractivity contribution in [1.29, 1.82) is 0 Å². The lowest BCUT2D eigenvalue weighted by Gasteiger charge is -2.02. The molecule has 0 aliphatic rings. The van der Waals surface area contributed by atoms with Gasteiger partial charge in [0.05, 0.1) is 17.4 Å². The molecule has 0 atom stereocenters. The van der Waals surface area contributed by atoms with Crippen LogP contribution >= 0.6 is 11.8 Å². The standard InChI is InChI=1S/C10H11NO4S/c1-2-15-9(12)6-16-8-5-3-4-7(11-8)10(13)14/h3-5H,2,6H2,1H3,(H,13,14). The number of pyridine rings is 1. The van der Waals surface area contributed by atoms with Gasteiger partial charge in [-0.3, -0.25) is 4.79 Å². The average molecular weight is 241 g/mol. The Hall–Kier alpha value is -1.56. The van der Waals surface area contributed by atoms with E-state index in [1.165, 1.54) is 6.07 Å². The van der Waals surface area contributed by atoms with E-state index >= 15 is 0 Å². The van der Waals surface area contributed by atoms with Crippen LogP contribution < -0.4 is 0 Å². The van der Waals surface area contributed by atoms with Gasteiger partial charge < -0.3 is 9.84 Å². The number of carbonyl (C=O) groups is 2. The number of carboxylic acids is 1. The zero-order valence-corrected chi connectivity index (χ0v) is 9.49. The second-order valence-electron chi connectivity index (χ2n) is 2.76. The summed E-state index contributed by atoms with van der Waals surface area (Å²) in [5, 5.41) is 9.20. The highest BCUT2D eigenvalue weighted by Crippen LogP contribution is 2.15. The third-order valence-electron chi connectivity index (χ3n) is 1.59. The molecule has 0 bridgehead atoms. The molecular weight excluding hydrogens is 230 g/mol. The third kappa shape index (κ3) is 3.90. The first-order valence-corrected chi connectivity index (χ1v) is 5.60. The quantitative estimate of drug-likeness (QED) is 0.621. The summed E-state index contributed by atoms with van der Waals surface area (Å²) in [4.78, 5) is 25.5. The fourth-order valence-corrected chi connectivity index (χ4v) is 1.64. The van der Waals surface area contributed by atoms with Gasteiger partial charge in [-0.25, -0.2) is 9.78 Å². The number of hydrogen-bond donors (Lipinski definition) is 1. The summed E-state index contributed by atoms with van der Waals surface area (Å²) in [6.45, 7) is 2.06. The molecule has 0 aliphatic carbocycles. The molecule has 0 aliphatic heterocycles. The zero-order valence-electron chi connectivity index (χ0n) is 8.67. The van der Waals surface area contributed by atoms with Gasteiger partial charge in [-0.05, 0) is 19.1 Å². The van der Waals surface area contributed by atoms with Crippen LogP contribution in [0.25, 0.3) is 0 Å². The molecule has 1 rings (SSSR count). The van der Waals surface area contributed by atoms with Crippen molar-refractivity contribution in [3.8, 4) is 0 Å². The van der Waals surface area contributed by atoms with Crippen molar-refractivity contribution in [2.24, 2.45) is 0 Å². The highest BCUT2D eigenvalue weighted by molar-refractivity contribution is 7.99. The number of carboxylic acid groups (broad SMARTS) is 1. The van der Waals surface area contributed by atoms with Gasteiger partial charge in [0.1, 0.15) is 5.69 Å². The number of carbonyl (C=O) groups excluding carboxylic acids is 1. The number of hydrogen-bond acceptors (Lipinski definition) is 5. The SMILES string of the molecule is CCOC(=O)CSc1cccc(C(=O)O)n1. The number of ether oxygens (including phenoxy) is 1. The fourth-order valence-electron chi connectivity index (χ4n) is 0.950. The summed E-state index contributed by atoms with van der Waals surface area (Å²) in [5.74, 6) is -1.29. The molecule has 0 fully saturated rings. The first-order valence-electron chi connectivity index (χ1n) is 4.62. The van der Waals surface area contributed by atoms with Gasteiger partial charge in [-0.1, -0.05) is 17.8 Å². The zero-order chi connectivity index (χ0) is 12.0. The third-order valence-corrected chi connectivity index (χ3v) is 2.49. The minimum absolute atomic E-state index is 0.0335. The van der Waals surface area contributed by atoms with E-state index in [9.17, 15) is 9.59 Å². The minimum Gasteiger partial charge on any atom is -0.477 e. The molecular formula is C10H11NO4S. The maximum absolute atomic E-state index is 11.0. The normalized spacial score (nSPS) is 9.81. The second kappa shape index (κ2) is 6.12. The van der Waals surface area contributed by atoms with Crippen molar-refractivity contribution in [1.82, 2.24) is 4.98 Å². The summed E-state index contributed by atoms with van der Waals surface area (Å²) >= 11 is 1.15. The van der Waals surface area contributed by atoms with Gasteiger partial charge in [0, 0.05) is 0 Å². The van der Waals surface area contributed by atoms with Crippen LogP contribution in [0.1, 0.15) is 17.4 Å². The Balaban J connectivity index is 2.57. The average Bonchev–Trinajstić information content (AvgIpc) is 2.27. The summed E-state index contributed by atoms with van der Waals surface area (Å²) in [5.41, 5.74) is -0.0335. The van der Waals surface area contributed by atoms with Crippen molar-refractivity contribution in [3.05, 3.63) is 23.9 Å². The molecule has 0 spiro atoms. The van der Waals surface area contributed by atoms with Crippen molar-refractivity contribution < 1.29 is 19.4 Å². The first-order chi connectivity index (χ1) is 7.63. The van der Waals surface area contributed by atoms with Crippen LogP contribution in [0.5, 0.6) is 0 Å². The van der Waals surface area contributed by atoms with Crippen LogP contribution in [0.2, 0.25) is 0 Å². The number of esters is 1. The molecule has 1 N–H and O–H groups in total. The molecule has 1 aromatic heterocycles. The Morgan fingerprint density at radius 1 is 1.50 bits per heavy atom. The van der Waals surface area contributed by atoms with Gasteiger partial charge in [-0.15, -0.1) is 0 Å². The van der Waals surface area contributed by atoms with Gasteiger partial charge in [0.2, 0.25) is 0 Å². The number of rotatable bonds is 5. The van der Waals surface area contributed by atoms with Crippen LogP contribution in [0.4, 0.5) is 0 Å². The van der Waals surface area contributed by atoms with Crippen molar-refractivity contribution in [2.75, 3.05) is 12.4 Å². The number of thioether (sulfide) groups is 1. The molecule has 0 saturated heterocycles. The van der Waals surface area contributed by atoms with E-state index < -0.39 is 5.97 Å². The van der Waals surface area contributed by atoms with Crippen LogP contribution in [0.15, 0.2) is 23.2 Å². The van der Waals surface area contributed by atoms with E-state index in [1.807, 2.05) is 0 Å². The molecule has 16 heavy (non-hydrogen) atoms. The molecule has 86 valence electrons. The highest BCUT2D eigenvalue weighted by Gasteiger charge is 2.07. The van der Waals surface area contributed by atoms with Crippen LogP contribution in [0, 0.1) is 0 Å². The lowest BCUT2D eigenvalue weighted by atomic mass is 10.4. The van der Waals surface area contributed by atoms with E-state index in [4.69, 9.17) is 9.84 Å². The number of aromatic nitrogens is 1. The van der Waals surface area contributed by atoms with Crippen molar-refractivity contribution in [3.63, 3.8) is 0 Å². The van der Waals surface area contributed by atoms with E-state index in [-0.39, 0.29) is 17.4 Å². The Labute approximate surface area is 96.8 Å². The highest BCUT2D eigenvalue weighted by atomic mass is 32.2. The Morgan fingerprint density at radius 2 is 2.25 bits per heavy atom. The number of aromatic carboxylic acids is 1. The summed E-state index contributed by atoms with van der Waals surface area (Å²) < 4.78 is 4.74. The first kappa shape index (κ1) is 12.5. The van der Waals surface area contributed by atoms with Gasteiger partial charge in [0.15, 0.2) is 0 Å². The van der Waals surface area contributed by atoms with Crippen molar-refractivity contribution >= 4 is 23.7 Å². The topological polar surface area (TPSA) is 76.5 Å². The van der Waals surface area contributed by atoms with E-state index in [1.54, 1.807) is 19.1 Å². The number of nitrogens with zero attached hydrogens (tertiary/aromatic N) is 1.